The molecule has 1 aliphatic heterocycles. The van der Waals surface area contributed by atoms with Crippen molar-refractivity contribution in [1.82, 2.24) is 10.2 Å². The Hall–Kier alpha value is -0.640. The van der Waals surface area contributed by atoms with Gasteiger partial charge in [-0.1, -0.05) is 37.9 Å². The van der Waals surface area contributed by atoms with Crippen molar-refractivity contribution in [3.8, 4) is 0 Å². The molecule has 1 aromatic rings. The number of hydrogen-bond acceptors (Lipinski definition) is 2. The molecule has 0 amide bonds. The summed E-state index contributed by atoms with van der Waals surface area (Å²) in [5, 5.41) is 4.17. The summed E-state index contributed by atoms with van der Waals surface area (Å²) in [4.78, 5) is 2.36. The molecule has 0 radical (unpaired) electrons. The molecule has 1 heterocycles. The van der Waals surface area contributed by atoms with E-state index in [4.69, 9.17) is 11.6 Å². The van der Waals surface area contributed by atoms with Gasteiger partial charge in [-0.2, -0.15) is 0 Å². The fourth-order valence-corrected chi connectivity index (χ4v) is 3.15. The van der Waals surface area contributed by atoms with Gasteiger partial charge in [-0.3, -0.25) is 4.90 Å². The predicted octanol–water partition coefficient (Wildman–Crippen LogP) is 4.08. The second-order valence-corrected chi connectivity index (χ2v) is 6.62. The van der Waals surface area contributed by atoms with Crippen LogP contribution in [0.4, 0.5) is 4.39 Å². The van der Waals surface area contributed by atoms with Gasteiger partial charge in [-0.15, -0.1) is 0 Å². The molecule has 1 aromatic carbocycles. The highest BCUT2D eigenvalue weighted by Gasteiger charge is 2.26. The van der Waals surface area contributed by atoms with E-state index in [1.807, 2.05) is 0 Å². The van der Waals surface area contributed by atoms with Gasteiger partial charge < -0.3 is 5.32 Å². The van der Waals surface area contributed by atoms with Crippen molar-refractivity contribution in [2.24, 2.45) is 5.92 Å². The van der Waals surface area contributed by atoms with Gasteiger partial charge in [-0.25, -0.2) is 4.39 Å². The molecule has 1 N–H and O–H groups in total. The summed E-state index contributed by atoms with van der Waals surface area (Å²) in [6, 6.07) is 5.82. The van der Waals surface area contributed by atoms with E-state index in [0.29, 0.717) is 35.1 Å². The number of benzene rings is 1. The molecule has 3 atom stereocenters. The summed E-state index contributed by atoms with van der Waals surface area (Å²) in [5.74, 6) is 0.417. The van der Waals surface area contributed by atoms with E-state index in [1.54, 1.807) is 12.1 Å². The first kappa shape index (κ1) is 16.7. The summed E-state index contributed by atoms with van der Waals surface area (Å²) >= 11 is 6.18. The van der Waals surface area contributed by atoms with E-state index in [2.05, 4.69) is 31.0 Å². The molecular formula is C17H26ClFN2. The van der Waals surface area contributed by atoms with Gasteiger partial charge in [0.2, 0.25) is 0 Å². The fourth-order valence-electron chi connectivity index (χ4n) is 2.93. The molecule has 0 saturated carbocycles. The van der Waals surface area contributed by atoms with Crippen LogP contribution < -0.4 is 5.32 Å². The molecule has 0 aromatic heterocycles. The van der Waals surface area contributed by atoms with Crippen LogP contribution in [0.3, 0.4) is 0 Å². The lowest BCUT2D eigenvalue weighted by atomic mass is 9.98. The van der Waals surface area contributed by atoms with Gasteiger partial charge in [-0.05, 0) is 37.9 Å². The van der Waals surface area contributed by atoms with E-state index < -0.39 is 0 Å². The lowest BCUT2D eigenvalue weighted by Gasteiger charge is -2.31. The molecule has 1 saturated heterocycles. The Morgan fingerprint density at radius 2 is 2.24 bits per heavy atom. The number of hydrogen-bond donors (Lipinski definition) is 1. The normalized spacial score (nSPS) is 25.6. The number of nitrogens with one attached hydrogen (secondary N) is 1. The van der Waals surface area contributed by atoms with E-state index in [-0.39, 0.29) is 5.82 Å². The van der Waals surface area contributed by atoms with Gasteiger partial charge in [0.15, 0.2) is 0 Å². The Morgan fingerprint density at radius 1 is 1.48 bits per heavy atom. The maximum absolute atomic E-state index is 14.0. The Kier molecular flexibility index (Phi) is 6.03. The number of rotatable bonds is 4. The average molecular weight is 313 g/mol. The Balaban J connectivity index is 2.15. The molecule has 3 unspecified atom stereocenters. The summed E-state index contributed by atoms with van der Waals surface area (Å²) in [7, 11) is 0. The molecule has 2 rings (SSSR count). The largest absolute Gasteiger partial charge is 0.312 e. The first-order valence-corrected chi connectivity index (χ1v) is 8.31. The molecule has 0 spiro atoms. The molecule has 2 nitrogen and oxygen atoms in total. The van der Waals surface area contributed by atoms with Crippen LogP contribution in [0.25, 0.3) is 0 Å². The molecule has 1 aliphatic rings. The molecular weight excluding hydrogens is 287 g/mol. The molecule has 4 heteroatoms. The predicted molar refractivity (Wildman–Crippen MR) is 87.1 cm³/mol. The van der Waals surface area contributed by atoms with Crippen molar-refractivity contribution < 1.29 is 4.39 Å². The highest BCUT2D eigenvalue weighted by molar-refractivity contribution is 6.31. The van der Waals surface area contributed by atoms with Gasteiger partial charge in [0.05, 0.1) is 0 Å². The minimum absolute atomic E-state index is 0.202. The number of nitrogens with zero attached hydrogens (tertiary/aromatic N) is 1. The highest BCUT2D eigenvalue weighted by atomic mass is 35.5. The molecule has 0 aliphatic carbocycles. The van der Waals surface area contributed by atoms with Crippen molar-refractivity contribution in [3.05, 3.63) is 34.6 Å². The summed E-state index contributed by atoms with van der Waals surface area (Å²) in [5.41, 5.74) is 0.621. The smallest absolute Gasteiger partial charge is 0.129 e. The molecule has 21 heavy (non-hydrogen) atoms. The Labute approximate surface area is 132 Å². The maximum atomic E-state index is 14.0. The van der Waals surface area contributed by atoms with E-state index in [9.17, 15) is 4.39 Å². The van der Waals surface area contributed by atoms with Crippen LogP contribution in [-0.4, -0.2) is 30.1 Å². The zero-order valence-corrected chi connectivity index (χ0v) is 14.0. The van der Waals surface area contributed by atoms with Crippen LogP contribution >= 0.6 is 11.6 Å². The second-order valence-electron chi connectivity index (χ2n) is 6.21. The topological polar surface area (TPSA) is 15.3 Å². The average Bonchev–Trinajstić information content (AvgIpc) is 2.64. The van der Waals surface area contributed by atoms with E-state index in [0.717, 1.165) is 25.9 Å². The molecule has 1 fully saturated rings. The van der Waals surface area contributed by atoms with Gasteiger partial charge in [0.1, 0.15) is 5.82 Å². The van der Waals surface area contributed by atoms with E-state index >= 15 is 0 Å². The van der Waals surface area contributed by atoms with Crippen molar-refractivity contribution >= 4 is 11.6 Å². The zero-order chi connectivity index (χ0) is 15.4. The van der Waals surface area contributed by atoms with Crippen LogP contribution in [0.1, 0.15) is 39.2 Å². The Morgan fingerprint density at radius 3 is 2.90 bits per heavy atom. The van der Waals surface area contributed by atoms with Crippen LogP contribution in [0.5, 0.6) is 0 Å². The van der Waals surface area contributed by atoms with Gasteiger partial charge >= 0.3 is 0 Å². The highest BCUT2D eigenvalue weighted by Crippen LogP contribution is 2.24. The summed E-state index contributed by atoms with van der Waals surface area (Å²) < 4.78 is 14.0. The summed E-state index contributed by atoms with van der Waals surface area (Å²) in [6.45, 7) is 9.27. The van der Waals surface area contributed by atoms with Crippen LogP contribution in [0, 0.1) is 11.7 Å². The third-order valence-corrected chi connectivity index (χ3v) is 5.13. The lowest BCUT2D eigenvalue weighted by molar-refractivity contribution is 0.178. The summed E-state index contributed by atoms with van der Waals surface area (Å²) in [6.07, 6.45) is 2.24. The van der Waals surface area contributed by atoms with Gasteiger partial charge in [0.25, 0.3) is 0 Å². The minimum Gasteiger partial charge on any atom is -0.312 e. The SMILES string of the molecule is CCC(C)C1CN(Cc2c(F)cccc2Cl)C(C)CCN1. The zero-order valence-electron chi connectivity index (χ0n) is 13.2. The fraction of sp³-hybridized carbons (Fsp3) is 0.647. The van der Waals surface area contributed by atoms with Crippen LogP contribution in [0.2, 0.25) is 5.02 Å². The third-order valence-electron chi connectivity index (χ3n) is 4.78. The van der Waals surface area contributed by atoms with Crippen molar-refractivity contribution in [2.45, 2.75) is 52.2 Å². The molecule has 118 valence electrons. The second kappa shape index (κ2) is 7.57. The van der Waals surface area contributed by atoms with Crippen LogP contribution in [-0.2, 0) is 6.54 Å². The van der Waals surface area contributed by atoms with Crippen molar-refractivity contribution in [2.75, 3.05) is 13.1 Å². The third kappa shape index (κ3) is 4.18. The maximum Gasteiger partial charge on any atom is 0.129 e. The van der Waals surface area contributed by atoms with Crippen LogP contribution in [0.15, 0.2) is 18.2 Å². The molecule has 0 bridgehead atoms. The number of halogens is 2. The first-order valence-electron chi connectivity index (χ1n) is 7.93. The standard InChI is InChI=1S/C17H26ClFN2/c1-4-12(2)17-11-21(13(3)8-9-20-17)10-14-15(18)6-5-7-16(14)19/h5-7,12-13,17,20H,4,8-11H2,1-3H3. The Bertz CT molecular complexity index is 446. The monoisotopic (exact) mass is 312 g/mol. The van der Waals surface area contributed by atoms with Crippen molar-refractivity contribution in [1.29, 1.82) is 0 Å². The van der Waals surface area contributed by atoms with Gasteiger partial charge in [0, 0.05) is 35.8 Å². The van der Waals surface area contributed by atoms with Crippen molar-refractivity contribution in [3.63, 3.8) is 0 Å². The lowest BCUT2D eigenvalue weighted by Crippen LogP contribution is -2.43. The minimum atomic E-state index is -0.202. The first-order chi connectivity index (χ1) is 10.0. The van der Waals surface area contributed by atoms with E-state index in [1.165, 1.54) is 6.07 Å². The quantitative estimate of drug-likeness (QED) is 0.901.